The summed E-state index contributed by atoms with van der Waals surface area (Å²) in [7, 11) is 0. The third kappa shape index (κ3) is 1.72. The summed E-state index contributed by atoms with van der Waals surface area (Å²) >= 11 is 0. The average Bonchev–Trinajstić information content (AvgIpc) is 2.25. The van der Waals surface area contributed by atoms with Crippen molar-refractivity contribution in [1.82, 2.24) is 9.80 Å². The number of hydrogen-bond acceptors (Lipinski definition) is 3. The smallest absolute Gasteiger partial charge is 0.219 e. The van der Waals surface area contributed by atoms with Crippen molar-refractivity contribution in [3.05, 3.63) is 11.3 Å². The highest BCUT2D eigenvalue weighted by molar-refractivity contribution is 5.84. The second-order valence-electron chi connectivity index (χ2n) is 4.57. The fourth-order valence-corrected chi connectivity index (χ4v) is 2.35. The Labute approximate surface area is 96.6 Å². The van der Waals surface area contributed by atoms with E-state index in [1.807, 2.05) is 11.8 Å². The number of nitrogens with zero attached hydrogens (tertiary/aromatic N) is 3. The van der Waals surface area contributed by atoms with Gasteiger partial charge in [0.05, 0.1) is 12.6 Å². The second-order valence-corrected chi connectivity index (χ2v) is 4.57. The topological polar surface area (TPSA) is 35.9 Å². The van der Waals surface area contributed by atoms with Crippen LogP contribution in [0.4, 0.5) is 0 Å². The molecule has 2 aliphatic rings. The average molecular weight is 221 g/mol. The third-order valence-electron chi connectivity index (χ3n) is 3.56. The molecule has 4 nitrogen and oxygen atoms in total. The van der Waals surface area contributed by atoms with Gasteiger partial charge in [0.25, 0.3) is 0 Å². The molecule has 0 saturated carbocycles. The van der Waals surface area contributed by atoms with Gasteiger partial charge in [-0.15, -0.1) is 0 Å². The lowest BCUT2D eigenvalue weighted by Crippen LogP contribution is -2.50. The Morgan fingerprint density at radius 2 is 2.06 bits per heavy atom. The SMILES string of the molecule is CC(=O)N1CCN2C(C)=NC(C)C(C)=C2C1. The molecule has 1 unspecified atom stereocenters. The molecule has 0 aliphatic carbocycles. The van der Waals surface area contributed by atoms with E-state index in [1.54, 1.807) is 6.92 Å². The highest BCUT2D eigenvalue weighted by Crippen LogP contribution is 2.25. The summed E-state index contributed by atoms with van der Waals surface area (Å²) in [5, 5.41) is 0. The molecule has 0 aromatic carbocycles. The van der Waals surface area contributed by atoms with Crippen LogP contribution in [0.1, 0.15) is 27.7 Å². The van der Waals surface area contributed by atoms with E-state index in [0.717, 1.165) is 25.5 Å². The number of amides is 1. The lowest BCUT2D eigenvalue weighted by Gasteiger charge is -2.41. The van der Waals surface area contributed by atoms with E-state index in [-0.39, 0.29) is 11.9 Å². The first-order valence-electron chi connectivity index (χ1n) is 5.78. The van der Waals surface area contributed by atoms with E-state index in [2.05, 4.69) is 23.7 Å². The molecule has 16 heavy (non-hydrogen) atoms. The monoisotopic (exact) mass is 221 g/mol. The van der Waals surface area contributed by atoms with Crippen molar-refractivity contribution < 1.29 is 4.79 Å². The van der Waals surface area contributed by atoms with Crippen LogP contribution < -0.4 is 0 Å². The van der Waals surface area contributed by atoms with Crippen molar-refractivity contribution in [2.45, 2.75) is 33.7 Å². The van der Waals surface area contributed by atoms with Crippen molar-refractivity contribution in [2.75, 3.05) is 19.6 Å². The predicted molar refractivity (Wildman–Crippen MR) is 64.2 cm³/mol. The van der Waals surface area contributed by atoms with E-state index in [1.165, 1.54) is 11.3 Å². The number of piperazine rings is 1. The number of hydrogen-bond donors (Lipinski definition) is 0. The third-order valence-corrected chi connectivity index (χ3v) is 3.56. The number of carbonyl (C=O) groups excluding carboxylic acids is 1. The van der Waals surface area contributed by atoms with Crippen LogP contribution >= 0.6 is 0 Å². The van der Waals surface area contributed by atoms with Gasteiger partial charge < -0.3 is 9.80 Å². The summed E-state index contributed by atoms with van der Waals surface area (Å²) in [5.74, 6) is 1.24. The maximum absolute atomic E-state index is 11.4. The molecule has 0 radical (unpaired) electrons. The molecule has 88 valence electrons. The lowest BCUT2D eigenvalue weighted by atomic mass is 10.0. The normalized spacial score (nSPS) is 25.5. The van der Waals surface area contributed by atoms with Gasteiger partial charge in [0, 0.05) is 25.7 Å². The molecule has 0 bridgehead atoms. The summed E-state index contributed by atoms with van der Waals surface area (Å²) in [6.45, 7) is 10.3. The van der Waals surface area contributed by atoms with Gasteiger partial charge >= 0.3 is 0 Å². The number of carbonyl (C=O) groups is 1. The predicted octanol–water partition coefficient (Wildman–Crippen LogP) is 1.24. The van der Waals surface area contributed by atoms with Gasteiger partial charge in [-0.1, -0.05) is 0 Å². The molecule has 0 N–H and O–H groups in total. The first kappa shape index (κ1) is 11.2. The molecule has 0 spiro atoms. The molecule has 1 saturated heterocycles. The van der Waals surface area contributed by atoms with E-state index in [0.29, 0.717) is 0 Å². The van der Waals surface area contributed by atoms with Crippen molar-refractivity contribution >= 4 is 11.7 Å². The minimum absolute atomic E-state index is 0.160. The first-order chi connectivity index (χ1) is 7.50. The maximum Gasteiger partial charge on any atom is 0.219 e. The zero-order valence-electron chi connectivity index (χ0n) is 10.4. The van der Waals surface area contributed by atoms with Crippen LogP contribution in [0.2, 0.25) is 0 Å². The molecule has 0 aromatic heterocycles. The van der Waals surface area contributed by atoms with Gasteiger partial charge in [0.1, 0.15) is 5.84 Å². The Kier molecular flexibility index (Phi) is 2.74. The van der Waals surface area contributed by atoms with Crippen LogP contribution in [0, 0.1) is 0 Å². The first-order valence-corrected chi connectivity index (χ1v) is 5.78. The Morgan fingerprint density at radius 1 is 1.38 bits per heavy atom. The lowest BCUT2D eigenvalue weighted by molar-refractivity contribution is -0.129. The fraction of sp³-hybridized carbons (Fsp3) is 0.667. The molecule has 2 rings (SSSR count). The molecular weight excluding hydrogens is 202 g/mol. The van der Waals surface area contributed by atoms with Gasteiger partial charge in [-0.2, -0.15) is 0 Å². The van der Waals surface area contributed by atoms with Crippen molar-refractivity contribution in [1.29, 1.82) is 0 Å². The quantitative estimate of drug-likeness (QED) is 0.617. The zero-order valence-corrected chi connectivity index (χ0v) is 10.4. The largest absolute Gasteiger partial charge is 0.335 e. The van der Waals surface area contributed by atoms with E-state index >= 15 is 0 Å². The standard InChI is InChI=1S/C12H19N3O/c1-8-9(2)13-10(3)15-6-5-14(11(4)16)7-12(8)15/h9H,5-7H2,1-4H3. The Balaban J connectivity index is 2.28. The van der Waals surface area contributed by atoms with E-state index in [9.17, 15) is 4.79 Å². The molecule has 2 heterocycles. The van der Waals surface area contributed by atoms with Crippen LogP contribution in [-0.2, 0) is 4.79 Å². The Hall–Kier alpha value is -1.32. The highest BCUT2D eigenvalue weighted by atomic mass is 16.2. The Bertz CT molecular complexity index is 384. The summed E-state index contributed by atoms with van der Waals surface area (Å²) < 4.78 is 0. The molecule has 2 aliphatic heterocycles. The minimum Gasteiger partial charge on any atom is -0.335 e. The van der Waals surface area contributed by atoms with E-state index < -0.39 is 0 Å². The van der Waals surface area contributed by atoms with Gasteiger partial charge in [-0.05, 0) is 26.3 Å². The number of amidine groups is 1. The number of aliphatic imine (C=N–C) groups is 1. The van der Waals surface area contributed by atoms with Crippen LogP contribution in [0.3, 0.4) is 0 Å². The number of rotatable bonds is 0. The van der Waals surface area contributed by atoms with E-state index in [4.69, 9.17) is 0 Å². The van der Waals surface area contributed by atoms with Gasteiger partial charge in [-0.25, -0.2) is 0 Å². The number of fused-ring (bicyclic) bond motifs is 1. The molecule has 1 fully saturated rings. The summed E-state index contributed by atoms with van der Waals surface area (Å²) in [4.78, 5) is 20.1. The molecular formula is C12H19N3O. The summed E-state index contributed by atoms with van der Waals surface area (Å²) in [6.07, 6.45) is 0. The molecule has 0 aromatic rings. The van der Waals surface area contributed by atoms with Gasteiger partial charge in [0.15, 0.2) is 0 Å². The van der Waals surface area contributed by atoms with Crippen LogP contribution in [-0.4, -0.2) is 47.2 Å². The van der Waals surface area contributed by atoms with Crippen molar-refractivity contribution in [2.24, 2.45) is 4.99 Å². The fourth-order valence-electron chi connectivity index (χ4n) is 2.35. The van der Waals surface area contributed by atoms with Crippen LogP contribution in [0.15, 0.2) is 16.3 Å². The van der Waals surface area contributed by atoms with Crippen molar-refractivity contribution in [3.63, 3.8) is 0 Å². The summed E-state index contributed by atoms with van der Waals surface area (Å²) in [5.41, 5.74) is 2.55. The van der Waals surface area contributed by atoms with Crippen molar-refractivity contribution in [3.8, 4) is 0 Å². The maximum atomic E-state index is 11.4. The second kappa shape index (κ2) is 3.92. The highest BCUT2D eigenvalue weighted by Gasteiger charge is 2.29. The van der Waals surface area contributed by atoms with Crippen LogP contribution in [0.25, 0.3) is 0 Å². The molecule has 1 atom stereocenters. The molecule has 4 heteroatoms. The minimum atomic E-state index is 0.160. The van der Waals surface area contributed by atoms with Gasteiger partial charge in [0.2, 0.25) is 5.91 Å². The zero-order chi connectivity index (χ0) is 11.9. The van der Waals surface area contributed by atoms with Crippen LogP contribution in [0.5, 0.6) is 0 Å². The Morgan fingerprint density at radius 3 is 2.69 bits per heavy atom. The summed E-state index contributed by atoms with van der Waals surface area (Å²) in [6, 6.07) is 0.248. The molecule has 1 amide bonds. The van der Waals surface area contributed by atoms with Gasteiger partial charge in [-0.3, -0.25) is 9.79 Å².